The Morgan fingerprint density at radius 2 is 1.70 bits per heavy atom. The third-order valence-corrected chi connectivity index (χ3v) is 7.06. The van der Waals surface area contributed by atoms with Crippen molar-refractivity contribution in [2.45, 2.75) is 44.7 Å². The second-order valence-electron chi connectivity index (χ2n) is 8.87. The van der Waals surface area contributed by atoms with Crippen LogP contribution >= 0.6 is 11.6 Å². The summed E-state index contributed by atoms with van der Waals surface area (Å²) in [5, 5.41) is 1.42. The van der Waals surface area contributed by atoms with Crippen LogP contribution in [0.1, 0.15) is 37.7 Å². The van der Waals surface area contributed by atoms with E-state index in [1.54, 1.807) is 0 Å². The number of halogens is 1. The minimum Gasteiger partial charge on any atom is -0.378 e. The quantitative estimate of drug-likeness (QED) is 0.692. The van der Waals surface area contributed by atoms with Crippen molar-refractivity contribution in [2.75, 3.05) is 57.4 Å². The molecule has 7 heteroatoms. The van der Waals surface area contributed by atoms with Crippen molar-refractivity contribution < 1.29 is 4.74 Å². The van der Waals surface area contributed by atoms with Gasteiger partial charge < -0.3 is 14.5 Å². The smallest absolute Gasteiger partial charge is 0.224 e. The van der Waals surface area contributed by atoms with Crippen LogP contribution in [-0.4, -0.2) is 78.3 Å². The van der Waals surface area contributed by atoms with Gasteiger partial charge in [-0.2, -0.15) is 4.98 Å². The molecule has 0 aliphatic carbocycles. The van der Waals surface area contributed by atoms with Crippen molar-refractivity contribution in [1.82, 2.24) is 19.8 Å². The number of likely N-dealkylation sites (tertiary alicyclic amines) is 2. The molecule has 1 aromatic heterocycles. The van der Waals surface area contributed by atoms with E-state index in [4.69, 9.17) is 16.3 Å². The van der Waals surface area contributed by atoms with Gasteiger partial charge in [-0.25, -0.2) is 4.98 Å². The summed E-state index contributed by atoms with van der Waals surface area (Å²) in [5.41, 5.74) is 2.25. The fourth-order valence-electron chi connectivity index (χ4n) is 5.23. The predicted octanol–water partition coefficient (Wildman–Crippen LogP) is 3.57. The molecule has 5 rings (SSSR count). The molecule has 3 saturated heterocycles. The lowest BCUT2D eigenvalue weighted by molar-refractivity contribution is 0.0897. The number of ether oxygens (including phenoxy) is 1. The molecule has 30 heavy (non-hydrogen) atoms. The van der Waals surface area contributed by atoms with E-state index in [0.717, 1.165) is 55.6 Å². The molecule has 2 aromatic rings. The summed E-state index contributed by atoms with van der Waals surface area (Å²) in [4.78, 5) is 16.7. The average molecular weight is 430 g/mol. The molecule has 0 bridgehead atoms. The molecule has 3 aliphatic heterocycles. The van der Waals surface area contributed by atoms with E-state index < -0.39 is 0 Å². The molecule has 0 spiro atoms. The number of morpholine rings is 1. The molecule has 0 amide bonds. The number of hydrogen-bond donors (Lipinski definition) is 0. The molecular weight excluding hydrogens is 398 g/mol. The molecule has 0 N–H and O–H groups in total. The Balaban J connectivity index is 1.29. The largest absolute Gasteiger partial charge is 0.378 e. The summed E-state index contributed by atoms with van der Waals surface area (Å²) in [7, 11) is 0. The van der Waals surface area contributed by atoms with Gasteiger partial charge in [0.25, 0.3) is 0 Å². The fourth-order valence-corrected chi connectivity index (χ4v) is 5.40. The van der Waals surface area contributed by atoms with E-state index in [2.05, 4.69) is 42.9 Å². The molecule has 162 valence electrons. The fraction of sp³-hybridized carbons (Fsp3) is 0.652. The minimum absolute atomic E-state index is 0.316. The molecule has 3 aliphatic rings. The maximum atomic E-state index is 6.22. The van der Waals surface area contributed by atoms with Crippen molar-refractivity contribution in [1.29, 1.82) is 0 Å². The summed E-state index contributed by atoms with van der Waals surface area (Å²) in [6.07, 6.45) is 6.78. The van der Waals surface area contributed by atoms with Gasteiger partial charge in [0, 0.05) is 31.1 Å². The number of benzene rings is 1. The zero-order valence-electron chi connectivity index (χ0n) is 17.7. The normalized spacial score (nSPS) is 22.6. The molecule has 0 radical (unpaired) electrons. The van der Waals surface area contributed by atoms with Crippen molar-refractivity contribution in [3.8, 4) is 0 Å². The monoisotopic (exact) mass is 429 g/mol. The number of anilines is 1. The zero-order chi connectivity index (χ0) is 20.3. The van der Waals surface area contributed by atoms with Crippen LogP contribution in [0.5, 0.6) is 0 Å². The van der Waals surface area contributed by atoms with Gasteiger partial charge in [-0.15, -0.1) is 0 Å². The molecular formula is C23H32ClN5O. The van der Waals surface area contributed by atoms with Gasteiger partial charge in [0.1, 0.15) is 5.82 Å². The van der Waals surface area contributed by atoms with E-state index in [1.807, 2.05) is 0 Å². The first-order valence-electron chi connectivity index (χ1n) is 11.5. The van der Waals surface area contributed by atoms with Gasteiger partial charge >= 0.3 is 0 Å². The minimum atomic E-state index is 0.316. The first-order chi connectivity index (χ1) is 14.8. The first-order valence-corrected chi connectivity index (χ1v) is 11.9. The second-order valence-corrected chi connectivity index (χ2v) is 9.21. The van der Waals surface area contributed by atoms with E-state index in [-0.39, 0.29) is 0 Å². The van der Waals surface area contributed by atoms with Gasteiger partial charge in [-0.05, 0) is 81.2 Å². The number of rotatable bonds is 4. The summed E-state index contributed by atoms with van der Waals surface area (Å²) < 4.78 is 5.51. The third kappa shape index (κ3) is 4.57. The summed E-state index contributed by atoms with van der Waals surface area (Å²) in [6, 6.07) is 7.36. The van der Waals surface area contributed by atoms with Crippen LogP contribution in [0.15, 0.2) is 18.2 Å². The SMILES string of the molecule is Clc1nc(N2CCOCC2)c2cc(CN3CCC(N4CCCCC4)CC3)ccc2n1. The summed E-state index contributed by atoms with van der Waals surface area (Å²) in [6.45, 7) is 9.13. The van der Waals surface area contributed by atoms with Gasteiger partial charge in [-0.3, -0.25) is 4.90 Å². The lowest BCUT2D eigenvalue weighted by atomic mass is 9.99. The highest BCUT2D eigenvalue weighted by Gasteiger charge is 2.25. The van der Waals surface area contributed by atoms with Crippen LogP contribution in [0.3, 0.4) is 0 Å². The van der Waals surface area contributed by atoms with Crippen molar-refractivity contribution in [3.05, 3.63) is 29.0 Å². The Kier molecular flexibility index (Phi) is 6.37. The Morgan fingerprint density at radius 1 is 0.933 bits per heavy atom. The predicted molar refractivity (Wildman–Crippen MR) is 121 cm³/mol. The van der Waals surface area contributed by atoms with E-state index in [0.29, 0.717) is 5.28 Å². The first kappa shape index (κ1) is 20.4. The van der Waals surface area contributed by atoms with Crippen molar-refractivity contribution in [2.24, 2.45) is 0 Å². The van der Waals surface area contributed by atoms with E-state index in [9.17, 15) is 0 Å². The van der Waals surface area contributed by atoms with Gasteiger partial charge in [-0.1, -0.05) is 12.5 Å². The standard InChI is InChI=1S/C23H32ClN5O/c24-23-25-21-5-4-18(16-20(21)22(26-23)29-12-14-30-15-13-29)17-27-10-6-19(7-11-27)28-8-2-1-3-9-28/h4-5,16,19H,1-3,6-15,17H2. The van der Waals surface area contributed by atoms with Crippen molar-refractivity contribution in [3.63, 3.8) is 0 Å². The van der Waals surface area contributed by atoms with Gasteiger partial charge in [0.2, 0.25) is 5.28 Å². The molecule has 0 saturated carbocycles. The Morgan fingerprint density at radius 3 is 2.47 bits per heavy atom. The number of hydrogen-bond acceptors (Lipinski definition) is 6. The lowest BCUT2D eigenvalue weighted by Gasteiger charge is -2.40. The van der Waals surface area contributed by atoms with Crippen LogP contribution in [0.2, 0.25) is 5.28 Å². The summed E-state index contributed by atoms with van der Waals surface area (Å²) in [5.74, 6) is 0.943. The average Bonchev–Trinajstić information content (AvgIpc) is 2.80. The topological polar surface area (TPSA) is 44.7 Å². The molecule has 6 nitrogen and oxygen atoms in total. The Labute approximate surface area is 184 Å². The molecule has 4 heterocycles. The van der Waals surface area contributed by atoms with Crippen LogP contribution < -0.4 is 4.90 Å². The molecule has 0 atom stereocenters. The second kappa shape index (κ2) is 9.35. The number of piperidine rings is 2. The van der Waals surface area contributed by atoms with E-state index in [1.165, 1.54) is 63.8 Å². The molecule has 0 unspecified atom stereocenters. The molecule has 1 aromatic carbocycles. The third-order valence-electron chi connectivity index (χ3n) is 6.89. The lowest BCUT2D eigenvalue weighted by Crippen LogP contribution is -2.46. The number of aromatic nitrogens is 2. The van der Waals surface area contributed by atoms with Crippen LogP contribution in [0.25, 0.3) is 10.9 Å². The molecule has 3 fully saturated rings. The maximum absolute atomic E-state index is 6.22. The Hall–Kier alpha value is -1.47. The number of fused-ring (bicyclic) bond motifs is 1. The van der Waals surface area contributed by atoms with Crippen molar-refractivity contribution >= 4 is 28.3 Å². The highest BCUT2D eigenvalue weighted by Crippen LogP contribution is 2.28. The van der Waals surface area contributed by atoms with Crippen LogP contribution in [0.4, 0.5) is 5.82 Å². The van der Waals surface area contributed by atoms with E-state index >= 15 is 0 Å². The van der Waals surface area contributed by atoms with Crippen LogP contribution in [0, 0.1) is 0 Å². The number of nitrogens with zero attached hydrogens (tertiary/aromatic N) is 5. The highest BCUT2D eigenvalue weighted by molar-refractivity contribution is 6.28. The maximum Gasteiger partial charge on any atom is 0.224 e. The Bertz CT molecular complexity index is 858. The van der Waals surface area contributed by atoms with Gasteiger partial charge in [0.05, 0.1) is 18.7 Å². The zero-order valence-corrected chi connectivity index (χ0v) is 18.5. The van der Waals surface area contributed by atoms with Crippen LogP contribution in [-0.2, 0) is 11.3 Å². The summed E-state index contributed by atoms with van der Waals surface area (Å²) >= 11 is 6.22. The highest BCUT2D eigenvalue weighted by atomic mass is 35.5. The van der Waals surface area contributed by atoms with Gasteiger partial charge in [0.15, 0.2) is 0 Å².